The SMILES string of the molecule is COc1cccc2cc(-c3cc(=O)oc4c(C[NH+](C)C)c([O-])ccc34)c(=O)oc12. The lowest BCUT2D eigenvalue weighted by Gasteiger charge is -2.17. The van der Waals surface area contributed by atoms with Gasteiger partial charge in [-0.3, -0.25) is 0 Å². The first-order chi connectivity index (χ1) is 13.9. The molecule has 0 atom stereocenters. The van der Waals surface area contributed by atoms with E-state index in [-0.39, 0.29) is 16.9 Å². The summed E-state index contributed by atoms with van der Waals surface area (Å²) in [7, 11) is 5.28. The molecule has 2 aromatic heterocycles. The van der Waals surface area contributed by atoms with Crippen molar-refractivity contribution in [2.24, 2.45) is 0 Å². The summed E-state index contributed by atoms with van der Waals surface area (Å²) in [6.07, 6.45) is 0. The Morgan fingerprint density at radius 2 is 1.79 bits per heavy atom. The molecule has 0 saturated heterocycles. The molecular weight excluding hydrogens is 374 g/mol. The quantitative estimate of drug-likeness (QED) is 0.525. The number of para-hydroxylation sites is 1. The summed E-state index contributed by atoms with van der Waals surface area (Å²) >= 11 is 0. The number of benzene rings is 2. The third-order valence-electron chi connectivity index (χ3n) is 4.74. The molecule has 148 valence electrons. The van der Waals surface area contributed by atoms with E-state index in [9.17, 15) is 14.7 Å². The maximum Gasteiger partial charge on any atom is 0.344 e. The predicted octanol–water partition coefficient (Wildman–Crippen LogP) is 1.29. The van der Waals surface area contributed by atoms with Crippen LogP contribution < -0.4 is 26.0 Å². The van der Waals surface area contributed by atoms with E-state index in [1.165, 1.54) is 19.2 Å². The van der Waals surface area contributed by atoms with Gasteiger partial charge in [-0.05, 0) is 12.1 Å². The van der Waals surface area contributed by atoms with E-state index in [0.717, 1.165) is 4.90 Å². The van der Waals surface area contributed by atoms with E-state index < -0.39 is 11.3 Å². The largest absolute Gasteiger partial charge is 0.872 e. The van der Waals surface area contributed by atoms with Crippen LogP contribution in [0.3, 0.4) is 0 Å². The molecule has 0 radical (unpaired) electrons. The van der Waals surface area contributed by atoms with E-state index in [1.54, 1.807) is 30.3 Å². The predicted molar refractivity (Wildman–Crippen MR) is 106 cm³/mol. The second-order valence-corrected chi connectivity index (χ2v) is 7.11. The van der Waals surface area contributed by atoms with Gasteiger partial charge in [0.15, 0.2) is 11.3 Å². The van der Waals surface area contributed by atoms with Crippen molar-refractivity contribution in [1.82, 2.24) is 0 Å². The number of hydrogen-bond acceptors (Lipinski definition) is 6. The highest BCUT2D eigenvalue weighted by molar-refractivity contribution is 5.97. The number of fused-ring (bicyclic) bond motifs is 2. The molecule has 2 heterocycles. The van der Waals surface area contributed by atoms with Gasteiger partial charge in [-0.2, -0.15) is 0 Å². The van der Waals surface area contributed by atoms with Gasteiger partial charge in [-0.1, -0.05) is 30.0 Å². The average Bonchev–Trinajstić information content (AvgIpc) is 2.68. The van der Waals surface area contributed by atoms with Gasteiger partial charge in [-0.15, -0.1) is 0 Å². The third-order valence-corrected chi connectivity index (χ3v) is 4.74. The summed E-state index contributed by atoms with van der Waals surface area (Å²) in [6.45, 7) is 0.381. The fraction of sp³-hybridized carbons (Fsp3) is 0.182. The first-order valence-electron chi connectivity index (χ1n) is 9.06. The van der Waals surface area contributed by atoms with Gasteiger partial charge in [0, 0.05) is 28.0 Å². The van der Waals surface area contributed by atoms with Crippen LogP contribution in [0.1, 0.15) is 5.56 Å². The molecule has 0 bridgehead atoms. The molecule has 0 fully saturated rings. The molecule has 0 aliphatic rings. The maximum atomic E-state index is 12.8. The van der Waals surface area contributed by atoms with Crippen LogP contribution in [0.4, 0.5) is 0 Å². The minimum atomic E-state index is -0.641. The molecule has 0 aliphatic heterocycles. The lowest BCUT2D eigenvalue weighted by molar-refractivity contribution is -0.872. The summed E-state index contributed by atoms with van der Waals surface area (Å²) in [5.41, 5.74) is 0.253. The monoisotopic (exact) mass is 393 g/mol. The maximum absolute atomic E-state index is 12.8. The van der Waals surface area contributed by atoms with Crippen LogP contribution >= 0.6 is 0 Å². The van der Waals surface area contributed by atoms with E-state index in [1.807, 2.05) is 14.1 Å². The molecule has 0 unspecified atom stereocenters. The molecular formula is C22H19NO6. The Kier molecular flexibility index (Phi) is 4.60. The van der Waals surface area contributed by atoms with Gasteiger partial charge in [0.1, 0.15) is 12.1 Å². The molecule has 7 heteroatoms. The lowest BCUT2D eigenvalue weighted by atomic mass is 9.99. The Labute approximate surface area is 165 Å². The molecule has 1 N–H and O–H groups in total. The van der Waals surface area contributed by atoms with Gasteiger partial charge < -0.3 is 23.6 Å². The molecule has 0 amide bonds. The summed E-state index contributed by atoms with van der Waals surface area (Å²) < 4.78 is 16.1. The zero-order chi connectivity index (χ0) is 20.7. The standard InChI is InChI=1S/C22H19NO6/c1-23(2)11-16-17(24)8-7-13-14(10-19(25)28-21(13)16)15-9-12-5-4-6-18(27-3)20(12)29-22(15)26/h4-10,24H,11H2,1-3H3. The second-order valence-electron chi connectivity index (χ2n) is 7.11. The molecule has 0 spiro atoms. The van der Waals surface area contributed by atoms with Crippen LogP contribution in [0, 0.1) is 0 Å². The number of hydrogen-bond donors (Lipinski definition) is 1. The highest BCUT2D eigenvalue weighted by Gasteiger charge is 2.18. The highest BCUT2D eigenvalue weighted by Crippen LogP contribution is 2.33. The summed E-state index contributed by atoms with van der Waals surface area (Å²) in [4.78, 5) is 26.0. The molecule has 29 heavy (non-hydrogen) atoms. The zero-order valence-electron chi connectivity index (χ0n) is 16.2. The number of nitrogens with one attached hydrogen (secondary N) is 1. The Hall–Kier alpha value is -3.58. The number of ether oxygens (including phenoxy) is 1. The minimum Gasteiger partial charge on any atom is -0.872 e. The van der Waals surface area contributed by atoms with Crippen LogP contribution in [0.15, 0.2) is 60.9 Å². The molecule has 2 aromatic carbocycles. The van der Waals surface area contributed by atoms with Crippen molar-refractivity contribution < 1.29 is 23.6 Å². The van der Waals surface area contributed by atoms with Crippen LogP contribution in [-0.2, 0) is 6.54 Å². The summed E-state index contributed by atoms with van der Waals surface area (Å²) in [5.74, 6) is 0.227. The van der Waals surface area contributed by atoms with Gasteiger partial charge in [-0.25, -0.2) is 9.59 Å². The Morgan fingerprint density at radius 1 is 1.00 bits per heavy atom. The van der Waals surface area contributed by atoms with Crippen LogP contribution in [-0.4, -0.2) is 21.2 Å². The number of rotatable bonds is 4. The fourth-order valence-electron chi connectivity index (χ4n) is 3.47. The van der Waals surface area contributed by atoms with Crippen LogP contribution in [0.2, 0.25) is 0 Å². The molecule has 0 saturated carbocycles. The topological polar surface area (TPSA) is 97.1 Å². The van der Waals surface area contributed by atoms with Crippen molar-refractivity contribution >= 4 is 21.9 Å². The third kappa shape index (κ3) is 3.25. The van der Waals surface area contributed by atoms with Gasteiger partial charge >= 0.3 is 11.3 Å². The average molecular weight is 393 g/mol. The van der Waals surface area contributed by atoms with Crippen LogP contribution in [0.5, 0.6) is 11.5 Å². The Bertz CT molecular complexity index is 1350. The van der Waals surface area contributed by atoms with Crippen molar-refractivity contribution in [3.63, 3.8) is 0 Å². The van der Waals surface area contributed by atoms with Crippen molar-refractivity contribution in [2.45, 2.75) is 6.54 Å². The molecule has 0 aliphatic carbocycles. The first kappa shape index (κ1) is 18.8. The zero-order valence-corrected chi connectivity index (χ0v) is 16.2. The van der Waals surface area contributed by atoms with E-state index in [4.69, 9.17) is 13.6 Å². The minimum absolute atomic E-state index is 0.200. The molecule has 7 nitrogen and oxygen atoms in total. The van der Waals surface area contributed by atoms with E-state index in [0.29, 0.717) is 39.8 Å². The van der Waals surface area contributed by atoms with E-state index >= 15 is 0 Å². The lowest BCUT2D eigenvalue weighted by Crippen LogP contribution is -3.04. The van der Waals surface area contributed by atoms with Crippen molar-refractivity contribution in [2.75, 3.05) is 21.2 Å². The second kappa shape index (κ2) is 7.10. The van der Waals surface area contributed by atoms with Crippen LogP contribution in [0.25, 0.3) is 33.1 Å². The van der Waals surface area contributed by atoms with Gasteiger partial charge in [0.2, 0.25) is 0 Å². The van der Waals surface area contributed by atoms with E-state index in [2.05, 4.69) is 0 Å². The first-order valence-corrected chi connectivity index (χ1v) is 9.06. The molecule has 4 rings (SSSR count). The smallest absolute Gasteiger partial charge is 0.344 e. The normalized spacial score (nSPS) is 11.4. The van der Waals surface area contributed by atoms with Gasteiger partial charge in [0.25, 0.3) is 0 Å². The fourth-order valence-corrected chi connectivity index (χ4v) is 3.47. The molecule has 4 aromatic rings. The van der Waals surface area contributed by atoms with Crippen molar-refractivity contribution in [3.8, 4) is 22.6 Å². The summed E-state index contributed by atoms with van der Waals surface area (Å²) in [5, 5.41) is 13.5. The Morgan fingerprint density at radius 3 is 2.52 bits per heavy atom. The van der Waals surface area contributed by atoms with Gasteiger partial charge in [0.05, 0.1) is 26.8 Å². The highest BCUT2D eigenvalue weighted by atomic mass is 16.5. The van der Waals surface area contributed by atoms with Crippen molar-refractivity contribution in [1.29, 1.82) is 0 Å². The summed E-state index contributed by atoms with van der Waals surface area (Å²) in [6, 6.07) is 11.2. The Balaban J connectivity index is 2.06. The van der Waals surface area contributed by atoms with Crippen molar-refractivity contribution in [3.05, 3.63) is 68.9 Å². The number of quaternary nitrogens is 1. The number of methoxy groups -OCH3 is 1.